The fraction of sp³-hybridized carbons (Fsp3) is 0.286. The maximum absolute atomic E-state index is 13.5. The number of halogens is 1. The fourth-order valence-corrected chi connectivity index (χ4v) is 5.62. The third-order valence-corrected chi connectivity index (χ3v) is 7.75. The lowest BCUT2D eigenvalue weighted by atomic mass is 9.99. The first-order valence-electron chi connectivity index (χ1n) is 9.96. The summed E-state index contributed by atoms with van der Waals surface area (Å²) in [6.45, 7) is 1.67. The van der Waals surface area contributed by atoms with Gasteiger partial charge < -0.3 is 9.73 Å². The van der Waals surface area contributed by atoms with Crippen LogP contribution in [0, 0.1) is 5.82 Å². The molecule has 9 nitrogen and oxygen atoms in total. The minimum absolute atomic E-state index is 0.0243. The second-order valence-electron chi connectivity index (χ2n) is 7.68. The number of fused-ring (bicyclic) bond motifs is 2. The van der Waals surface area contributed by atoms with Gasteiger partial charge in [-0.25, -0.2) is 17.0 Å². The number of furan rings is 1. The molecule has 1 aliphatic rings. The first-order valence-corrected chi connectivity index (χ1v) is 12.9. The standard InChI is InChI=1S/C21H22FN3O6S2/c1-12-15-10-16-18(11-17(15)25(33(3,29)30)9-8-24(12)32(27)28)31-20(19(16)21(26)23-2)13-4-6-14(22)7-5-13/h4-7,10-12H,8-9H2,1-3H3,(H,23,26)(H,27,28). The van der Waals surface area contributed by atoms with E-state index in [1.54, 1.807) is 13.0 Å². The maximum atomic E-state index is 13.5. The average Bonchev–Trinajstić information content (AvgIpc) is 3.05. The van der Waals surface area contributed by atoms with Gasteiger partial charge in [-0.05, 0) is 42.8 Å². The smallest absolute Gasteiger partial charge is 0.255 e. The number of nitrogens with one attached hydrogen (secondary N) is 1. The molecule has 3 aromatic rings. The lowest BCUT2D eigenvalue weighted by Gasteiger charge is -2.23. The van der Waals surface area contributed by atoms with Crippen LogP contribution in [0.15, 0.2) is 40.8 Å². The van der Waals surface area contributed by atoms with E-state index in [0.717, 1.165) is 10.6 Å². The fourth-order valence-electron chi connectivity index (χ4n) is 4.07. The Balaban J connectivity index is 2.04. The second-order valence-corrected chi connectivity index (χ2v) is 10.5. The van der Waals surface area contributed by atoms with Gasteiger partial charge in [0.05, 0.1) is 17.5 Å². The Bertz CT molecular complexity index is 1370. The van der Waals surface area contributed by atoms with E-state index >= 15 is 0 Å². The molecule has 0 fully saturated rings. The van der Waals surface area contributed by atoms with Crippen LogP contribution in [0.25, 0.3) is 22.3 Å². The molecule has 2 atom stereocenters. The molecule has 1 amide bonds. The molecule has 0 saturated carbocycles. The van der Waals surface area contributed by atoms with Crippen LogP contribution in [0.1, 0.15) is 28.9 Å². The number of anilines is 1. The zero-order chi connectivity index (χ0) is 24.1. The van der Waals surface area contributed by atoms with Crippen molar-refractivity contribution in [3.63, 3.8) is 0 Å². The summed E-state index contributed by atoms with van der Waals surface area (Å²) < 4.78 is 68.7. The van der Waals surface area contributed by atoms with Gasteiger partial charge in [0.25, 0.3) is 5.91 Å². The molecule has 2 aromatic carbocycles. The Labute approximate surface area is 192 Å². The summed E-state index contributed by atoms with van der Waals surface area (Å²) in [5, 5.41) is 2.97. The van der Waals surface area contributed by atoms with Gasteiger partial charge >= 0.3 is 0 Å². The third kappa shape index (κ3) is 4.14. The molecule has 0 saturated heterocycles. The molecular formula is C21H22FN3O6S2. The number of carbonyl (C=O) groups excluding carboxylic acids is 1. The van der Waals surface area contributed by atoms with E-state index in [2.05, 4.69) is 5.32 Å². The van der Waals surface area contributed by atoms with Crippen LogP contribution in [-0.2, 0) is 21.3 Å². The summed E-state index contributed by atoms with van der Waals surface area (Å²) in [6, 6.07) is 7.94. The summed E-state index contributed by atoms with van der Waals surface area (Å²) in [4.78, 5) is 12.8. The molecule has 2 heterocycles. The zero-order valence-electron chi connectivity index (χ0n) is 18.0. The Kier molecular flexibility index (Phi) is 6.03. The Morgan fingerprint density at radius 2 is 1.91 bits per heavy atom. The van der Waals surface area contributed by atoms with E-state index in [0.29, 0.717) is 22.2 Å². The van der Waals surface area contributed by atoms with Crippen molar-refractivity contribution < 1.29 is 30.8 Å². The highest BCUT2D eigenvalue weighted by atomic mass is 32.2. The largest absolute Gasteiger partial charge is 0.455 e. The summed E-state index contributed by atoms with van der Waals surface area (Å²) in [7, 11) is -2.26. The van der Waals surface area contributed by atoms with Gasteiger partial charge in [0.2, 0.25) is 21.3 Å². The first-order chi connectivity index (χ1) is 15.5. The molecular weight excluding hydrogens is 473 g/mol. The van der Waals surface area contributed by atoms with Crippen LogP contribution in [0.2, 0.25) is 0 Å². The highest BCUT2D eigenvalue weighted by molar-refractivity contribution is 7.92. The monoisotopic (exact) mass is 495 g/mol. The molecule has 33 heavy (non-hydrogen) atoms. The highest BCUT2D eigenvalue weighted by Crippen LogP contribution is 2.42. The van der Waals surface area contributed by atoms with Crippen molar-refractivity contribution in [3.05, 3.63) is 53.3 Å². The van der Waals surface area contributed by atoms with E-state index in [1.807, 2.05) is 0 Å². The van der Waals surface area contributed by atoms with Gasteiger partial charge in [0.1, 0.15) is 17.2 Å². The molecule has 0 radical (unpaired) electrons. The number of hydrogen-bond donors (Lipinski definition) is 2. The van der Waals surface area contributed by atoms with Crippen molar-refractivity contribution in [3.8, 4) is 11.3 Å². The lowest BCUT2D eigenvalue weighted by molar-refractivity contribution is 0.0964. The predicted octanol–water partition coefficient (Wildman–Crippen LogP) is 2.88. The van der Waals surface area contributed by atoms with E-state index in [-0.39, 0.29) is 30.0 Å². The molecule has 1 aliphatic heterocycles. The van der Waals surface area contributed by atoms with Gasteiger partial charge in [-0.1, -0.05) is 0 Å². The quantitative estimate of drug-likeness (QED) is 0.537. The second kappa shape index (κ2) is 8.52. The predicted molar refractivity (Wildman–Crippen MR) is 123 cm³/mol. The van der Waals surface area contributed by atoms with Crippen LogP contribution in [0.3, 0.4) is 0 Å². The van der Waals surface area contributed by atoms with Gasteiger partial charge in [0, 0.05) is 43.2 Å². The molecule has 2 N–H and O–H groups in total. The lowest BCUT2D eigenvalue weighted by Crippen LogP contribution is -2.36. The van der Waals surface area contributed by atoms with Crippen molar-refractivity contribution in [2.75, 3.05) is 30.7 Å². The van der Waals surface area contributed by atoms with Gasteiger partial charge in [0.15, 0.2) is 0 Å². The van der Waals surface area contributed by atoms with Crippen LogP contribution >= 0.6 is 0 Å². The number of carbonyl (C=O) groups is 1. The van der Waals surface area contributed by atoms with Crippen LogP contribution < -0.4 is 9.62 Å². The number of hydrogen-bond acceptors (Lipinski definition) is 5. The average molecular weight is 496 g/mol. The number of amides is 1. The summed E-state index contributed by atoms with van der Waals surface area (Å²) in [5.41, 5.74) is 1.66. The molecule has 1 aromatic heterocycles. The number of sulfonamides is 1. The Morgan fingerprint density at radius 3 is 2.48 bits per heavy atom. The van der Waals surface area contributed by atoms with Crippen molar-refractivity contribution in [1.29, 1.82) is 0 Å². The topological polar surface area (TPSA) is 120 Å². The third-order valence-electron chi connectivity index (χ3n) is 5.67. The molecule has 176 valence electrons. The molecule has 4 rings (SSSR count). The van der Waals surface area contributed by atoms with Crippen molar-refractivity contribution in [1.82, 2.24) is 9.62 Å². The Morgan fingerprint density at radius 1 is 1.24 bits per heavy atom. The summed E-state index contributed by atoms with van der Waals surface area (Å²) in [5.74, 6) is -0.694. The Hall–Kier alpha value is -2.80. The number of nitrogens with zero attached hydrogens (tertiary/aromatic N) is 2. The van der Waals surface area contributed by atoms with Crippen molar-refractivity contribution in [2.24, 2.45) is 0 Å². The number of benzene rings is 2. The molecule has 0 bridgehead atoms. The maximum Gasteiger partial charge on any atom is 0.255 e. The molecule has 0 spiro atoms. The minimum atomic E-state index is -3.72. The van der Waals surface area contributed by atoms with Gasteiger partial charge in [-0.2, -0.15) is 4.31 Å². The molecule has 2 unspecified atom stereocenters. The van der Waals surface area contributed by atoms with Crippen molar-refractivity contribution >= 4 is 43.9 Å². The van der Waals surface area contributed by atoms with Gasteiger partial charge in [-0.15, -0.1) is 0 Å². The van der Waals surface area contributed by atoms with Gasteiger partial charge in [-0.3, -0.25) is 13.7 Å². The van der Waals surface area contributed by atoms with Crippen LogP contribution in [0.5, 0.6) is 0 Å². The highest BCUT2D eigenvalue weighted by Gasteiger charge is 2.34. The summed E-state index contributed by atoms with van der Waals surface area (Å²) in [6.07, 6.45) is 1.05. The first kappa shape index (κ1) is 23.4. The van der Waals surface area contributed by atoms with Crippen LogP contribution in [-0.4, -0.2) is 53.8 Å². The normalized spacial score (nSPS) is 18.1. The zero-order valence-corrected chi connectivity index (χ0v) is 19.7. The van der Waals surface area contributed by atoms with Crippen LogP contribution in [0.4, 0.5) is 10.1 Å². The van der Waals surface area contributed by atoms with Crippen molar-refractivity contribution in [2.45, 2.75) is 13.0 Å². The van der Waals surface area contributed by atoms with E-state index in [4.69, 9.17) is 4.42 Å². The molecule has 12 heteroatoms. The SMILES string of the molecule is CNC(=O)c1c(-c2ccc(F)cc2)oc2cc3c(cc12)C(C)N(S(=O)O)CCN3S(C)(=O)=O. The van der Waals surface area contributed by atoms with E-state index < -0.39 is 39.1 Å². The summed E-state index contributed by atoms with van der Waals surface area (Å²) >= 11 is -2.34. The minimum Gasteiger partial charge on any atom is -0.455 e. The van der Waals surface area contributed by atoms with E-state index in [9.17, 15) is 26.4 Å². The number of rotatable bonds is 4. The van der Waals surface area contributed by atoms with E-state index in [1.165, 1.54) is 41.7 Å². The molecule has 0 aliphatic carbocycles.